The molecule has 1 N–H and O–H groups in total. The summed E-state index contributed by atoms with van der Waals surface area (Å²) >= 11 is 0. The second-order valence-corrected chi connectivity index (χ2v) is 4.20. The fraction of sp³-hybridized carbons (Fsp3) is 0.0769. The van der Waals surface area contributed by atoms with Crippen molar-refractivity contribution in [3.05, 3.63) is 70.0 Å². The van der Waals surface area contributed by atoms with Gasteiger partial charge in [0.1, 0.15) is 5.69 Å². The van der Waals surface area contributed by atoms with Crippen LogP contribution in [0.15, 0.2) is 53.9 Å². The molecule has 2 heterocycles. The van der Waals surface area contributed by atoms with Crippen molar-refractivity contribution in [1.82, 2.24) is 10.4 Å². The highest BCUT2D eigenvalue weighted by atomic mass is 16.6. The van der Waals surface area contributed by atoms with E-state index < -0.39 is 4.92 Å². The minimum absolute atomic E-state index is 0.186. The molecule has 0 saturated heterocycles. The van der Waals surface area contributed by atoms with Crippen LogP contribution < -0.4 is 10.5 Å². The molecule has 0 aliphatic carbocycles. The van der Waals surface area contributed by atoms with Gasteiger partial charge in [-0.2, -0.15) is 5.43 Å². The number of hydrogen-bond acceptors (Lipinski definition) is 6. The number of nitrogens with zero attached hydrogens (tertiary/aromatic N) is 4. The Kier molecular flexibility index (Phi) is 3.10. The van der Waals surface area contributed by atoms with Gasteiger partial charge >= 0.3 is 5.84 Å². The Morgan fingerprint density at radius 1 is 1.25 bits per heavy atom. The molecule has 20 heavy (non-hydrogen) atoms. The third-order valence-electron chi connectivity index (χ3n) is 2.94. The summed E-state index contributed by atoms with van der Waals surface area (Å²) in [5.74, 6) is -0.186. The molecule has 0 bridgehead atoms. The van der Waals surface area contributed by atoms with Crippen LogP contribution in [0.4, 0.5) is 5.69 Å². The van der Waals surface area contributed by atoms with Crippen LogP contribution in [-0.4, -0.2) is 15.7 Å². The maximum atomic E-state index is 11.3. The lowest BCUT2D eigenvalue weighted by Crippen LogP contribution is -2.32. The van der Waals surface area contributed by atoms with Crippen LogP contribution in [0.3, 0.4) is 0 Å². The van der Waals surface area contributed by atoms with Crippen molar-refractivity contribution in [1.29, 1.82) is 0 Å². The number of nitrogens with one attached hydrogen (secondary N) is 1. The first-order chi connectivity index (χ1) is 9.75. The maximum Gasteiger partial charge on any atom is 0.397 e. The zero-order valence-electron chi connectivity index (χ0n) is 10.4. The summed E-state index contributed by atoms with van der Waals surface area (Å²) in [4.78, 5) is 14.8. The van der Waals surface area contributed by atoms with Crippen LogP contribution in [-0.2, 0) is 6.54 Å². The predicted octanol–water partition coefficient (Wildman–Crippen LogP) is 1.54. The number of aromatic nitrogens is 1. The van der Waals surface area contributed by atoms with Gasteiger partial charge in [0.15, 0.2) is 0 Å². The first kappa shape index (κ1) is 12.2. The summed E-state index contributed by atoms with van der Waals surface area (Å²) < 4.78 is 0. The molecule has 7 nitrogen and oxygen atoms in total. The Hall–Kier alpha value is -2.80. The van der Waals surface area contributed by atoms with Crippen molar-refractivity contribution in [3.8, 4) is 0 Å². The van der Waals surface area contributed by atoms with E-state index in [1.807, 2.05) is 12.1 Å². The van der Waals surface area contributed by atoms with E-state index in [9.17, 15) is 10.1 Å². The van der Waals surface area contributed by atoms with E-state index in [1.165, 1.54) is 5.12 Å². The van der Waals surface area contributed by atoms with E-state index in [2.05, 4.69) is 15.5 Å². The third-order valence-corrected chi connectivity index (χ3v) is 2.94. The molecule has 1 aromatic heterocycles. The number of hydrazone groups is 1. The van der Waals surface area contributed by atoms with Crippen molar-refractivity contribution in [3.63, 3.8) is 0 Å². The Balaban J connectivity index is 2.07. The van der Waals surface area contributed by atoms with Crippen molar-refractivity contribution < 1.29 is 4.92 Å². The number of hydrazine groups is 1. The number of pyridine rings is 1. The molecule has 0 fully saturated rings. The maximum absolute atomic E-state index is 11.3. The fourth-order valence-corrected chi connectivity index (χ4v) is 2.00. The molecule has 1 aliphatic heterocycles. The smallest absolute Gasteiger partial charge is 0.358 e. The standard InChI is InChI=1S/C13H11N5O2/c19-18(20)13-12-6-2-1-4-10(12)8-15-17(16-13)11-5-3-7-14-9-11/h1-7,9,15H,8H2. The van der Waals surface area contributed by atoms with Crippen LogP contribution in [0.1, 0.15) is 11.1 Å². The number of amidine groups is 1. The second kappa shape index (κ2) is 5.06. The molecule has 2 aromatic rings. The SMILES string of the molecule is O=[N+]([O-])C1=NN(c2cccnc2)NCc2ccccc21. The Morgan fingerprint density at radius 2 is 2.10 bits per heavy atom. The molecule has 1 aliphatic rings. The number of fused-ring (bicyclic) bond motifs is 1. The van der Waals surface area contributed by atoms with Crippen molar-refractivity contribution in [2.75, 3.05) is 5.12 Å². The number of anilines is 1. The summed E-state index contributed by atoms with van der Waals surface area (Å²) in [5, 5.41) is 16.7. The predicted molar refractivity (Wildman–Crippen MR) is 73.5 cm³/mol. The van der Waals surface area contributed by atoms with Gasteiger partial charge in [-0.25, -0.2) is 0 Å². The molecule has 0 unspecified atom stereocenters. The Labute approximate surface area is 114 Å². The fourth-order valence-electron chi connectivity index (χ4n) is 2.00. The lowest BCUT2D eigenvalue weighted by atomic mass is 10.1. The van der Waals surface area contributed by atoms with E-state index >= 15 is 0 Å². The van der Waals surface area contributed by atoms with E-state index in [0.717, 1.165) is 5.56 Å². The zero-order chi connectivity index (χ0) is 13.9. The van der Waals surface area contributed by atoms with Crippen molar-refractivity contribution in [2.45, 2.75) is 6.54 Å². The first-order valence-corrected chi connectivity index (χ1v) is 6.00. The molecular formula is C13H11N5O2. The summed E-state index contributed by atoms with van der Waals surface area (Å²) in [5.41, 5.74) is 5.03. The average Bonchev–Trinajstić information content (AvgIpc) is 2.68. The highest BCUT2D eigenvalue weighted by molar-refractivity contribution is 5.94. The van der Waals surface area contributed by atoms with Gasteiger partial charge in [0.2, 0.25) is 0 Å². The highest BCUT2D eigenvalue weighted by Gasteiger charge is 2.27. The molecule has 0 amide bonds. The van der Waals surface area contributed by atoms with Gasteiger partial charge in [-0.1, -0.05) is 23.3 Å². The van der Waals surface area contributed by atoms with Gasteiger partial charge < -0.3 is 10.1 Å². The molecule has 0 saturated carbocycles. The zero-order valence-corrected chi connectivity index (χ0v) is 10.4. The van der Waals surface area contributed by atoms with Crippen LogP contribution in [0.25, 0.3) is 0 Å². The first-order valence-electron chi connectivity index (χ1n) is 6.00. The van der Waals surface area contributed by atoms with Gasteiger partial charge in [-0.05, 0) is 28.7 Å². The summed E-state index contributed by atoms with van der Waals surface area (Å²) in [7, 11) is 0. The van der Waals surface area contributed by atoms with Crippen LogP contribution in [0, 0.1) is 10.1 Å². The lowest BCUT2D eigenvalue weighted by Gasteiger charge is -2.11. The summed E-state index contributed by atoms with van der Waals surface area (Å²) in [6.07, 6.45) is 3.22. The molecule has 1 aromatic carbocycles. The molecule has 3 rings (SSSR count). The van der Waals surface area contributed by atoms with E-state index in [4.69, 9.17) is 0 Å². The minimum atomic E-state index is -0.477. The summed E-state index contributed by atoms with van der Waals surface area (Å²) in [6, 6.07) is 10.7. The monoisotopic (exact) mass is 269 g/mol. The third kappa shape index (κ3) is 2.21. The van der Waals surface area contributed by atoms with Gasteiger partial charge in [0.05, 0.1) is 16.9 Å². The highest BCUT2D eigenvalue weighted by Crippen LogP contribution is 2.18. The second-order valence-electron chi connectivity index (χ2n) is 4.20. The number of rotatable bonds is 1. The van der Waals surface area contributed by atoms with E-state index in [1.54, 1.807) is 36.7 Å². The van der Waals surface area contributed by atoms with Gasteiger partial charge in [0.25, 0.3) is 0 Å². The average molecular weight is 269 g/mol. The molecule has 0 radical (unpaired) electrons. The normalized spacial score (nSPS) is 14.2. The van der Waals surface area contributed by atoms with Crippen LogP contribution in [0.2, 0.25) is 0 Å². The van der Waals surface area contributed by atoms with Gasteiger partial charge in [-0.3, -0.25) is 4.98 Å². The van der Waals surface area contributed by atoms with E-state index in [-0.39, 0.29) is 5.84 Å². The van der Waals surface area contributed by atoms with Crippen molar-refractivity contribution >= 4 is 11.5 Å². The largest absolute Gasteiger partial charge is 0.397 e. The molecule has 7 heteroatoms. The quantitative estimate of drug-likeness (QED) is 0.627. The Bertz CT molecular complexity index is 671. The number of hydrogen-bond donors (Lipinski definition) is 1. The van der Waals surface area contributed by atoms with Crippen LogP contribution in [0.5, 0.6) is 0 Å². The number of benzene rings is 1. The topological polar surface area (TPSA) is 83.7 Å². The van der Waals surface area contributed by atoms with Crippen LogP contribution >= 0.6 is 0 Å². The Morgan fingerprint density at radius 3 is 2.85 bits per heavy atom. The minimum Gasteiger partial charge on any atom is -0.358 e. The molecular weight excluding hydrogens is 258 g/mol. The van der Waals surface area contributed by atoms with Crippen molar-refractivity contribution in [2.24, 2.45) is 5.10 Å². The molecule has 0 atom stereocenters. The van der Waals surface area contributed by atoms with Gasteiger partial charge in [-0.15, -0.1) is 0 Å². The number of nitro groups is 1. The molecule has 0 spiro atoms. The van der Waals surface area contributed by atoms with Gasteiger partial charge in [0, 0.05) is 12.7 Å². The molecule has 100 valence electrons. The lowest BCUT2D eigenvalue weighted by molar-refractivity contribution is -0.349. The van der Waals surface area contributed by atoms with E-state index in [0.29, 0.717) is 17.8 Å². The summed E-state index contributed by atoms with van der Waals surface area (Å²) in [6.45, 7) is 0.450.